The van der Waals surface area contributed by atoms with Crippen LogP contribution in [0, 0.1) is 0 Å². The van der Waals surface area contributed by atoms with Gasteiger partial charge in [-0.1, -0.05) is 0 Å². The van der Waals surface area contributed by atoms with E-state index >= 15 is 0 Å². The van der Waals surface area contributed by atoms with E-state index in [0.29, 0.717) is 18.3 Å². The van der Waals surface area contributed by atoms with Gasteiger partial charge in [-0.25, -0.2) is 0 Å². The van der Waals surface area contributed by atoms with Crippen LogP contribution >= 0.6 is 12.2 Å². The molecule has 24 heavy (non-hydrogen) atoms. The first kappa shape index (κ1) is 23.1. The minimum atomic E-state index is 0. The first-order valence-corrected chi connectivity index (χ1v) is 7.65. The maximum atomic E-state index is 5.40. The van der Waals surface area contributed by atoms with Crippen molar-refractivity contribution in [2.45, 2.75) is 13.8 Å². The first-order valence-electron chi connectivity index (χ1n) is 7.25. The van der Waals surface area contributed by atoms with E-state index in [1.165, 1.54) is 0 Å². The van der Waals surface area contributed by atoms with Gasteiger partial charge in [-0.05, 0) is 74.6 Å². The molecule has 2 aromatic rings. The van der Waals surface area contributed by atoms with Gasteiger partial charge in [-0.3, -0.25) is 0 Å². The number of anilines is 2. The average molecular weight is 417 g/mol. The summed E-state index contributed by atoms with van der Waals surface area (Å²) in [6.07, 6.45) is 0. The summed E-state index contributed by atoms with van der Waals surface area (Å²) in [4.78, 5) is 0. The van der Waals surface area contributed by atoms with E-state index in [1.54, 1.807) is 0 Å². The van der Waals surface area contributed by atoms with E-state index in [0.717, 1.165) is 22.9 Å². The summed E-state index contributed by atoms with van der Waals surface area (Å²) in [6.45, 7) is 5.24. The Hall–Kier alpha value is -0.932. The summed E-state index contributed by atoms with van der Waals surface area (Å²) in [5.41, 5.74) is 1.82. The van der Waals surface area contributed by atoms with Crippen LogP contribution in [0.5, 0.6) is 11.5 Å². The van der Waals surface area contributed by atoms with Crippen LogP contribution in [0.2, 0.25) is 0 Å². The number of nitrogens with one attached hydrogen (secondary N) is 2. The van der Waals surface area contributed by atoms with E-state index in [-0.39, 0.29) is 42.7 Å². The first-order chi connectivity index (χ1) is 10.7. The molecule has 1 radical (unpaired) electrons. The predicted molar refractivity (Wildman–Crippen MR) is 96.2 cm³/mol. The van der Waals surface area contributed by atoms with Crippen molar-refractivity contribution in [3.63, 3.8) is 0 Å². The second kappa shape index (κ2) is 12.4. The van der Waals surface area contributed by atoms with Crippen molar-refractivity contribution in [3.8, 4) is 11.5 Å². The summed E-state index contributed by atoms with van der Waals surface area (Å²) < 4.78 is 10.8. The van der Waals surface area contributed by atoms with Gasteiger partial charge >= 0.3 is 18.9 Å². The summed E-state index contributed by atoms with van der Waals surface area (Å²) in [7, 11) is 0. The average Bonchev–Trinajstić information content (AvgIpc) is 2.52. The largest absolute Gasteiger partial charge is 1.00 e. The molecule has 0 fully saturated rings. The van der Waals surface area contributed by atoms with Crippen LogP contribution in [0.25, 0.3) is 0 Å². The van der Waals surface area contributed by atoms with E-state index in [9.17, 15) is 0 Å². The Balaban J connectivity index is 0. The molecule has 0 saturated carbocycles. The molecular formula is C17H21LiN2NbO2S. The minimum absolute atomic E-state index is 0. The van der Waals surface area contributed by atoms with Crippen molar-refractivity contribution in [1.82, 2.24) is 0 Å². The molecule has 2 aromatic carbocycles. The fourth-order valence-corrected chi connectivity index (χ4v) is 2.13. The summed E-state index contributed by atoms with van der Waals surface area (Å²) in [5, 5.41) is 6.80. The molecule has 0 aliphatic heterocycles. The Morgan fingerprint density at radius 3 is 1.46 bits per heavy atom. The van der Waals surface area contributed by atoms with Gasteiger partial charge in [-0.15, -0.1) is 0 Å². The topological polar surface area (TPSA) is 42.5 Å². The van der Waals surface area contributed by atoms with E-state index in [4.69, 9.17) is 21.7 Å². The number of thiocarbonyl (C=S) groups is 1. The smallest absolute Gasteiger partial charge is 1.00 e. The molecule has 0 aromatic heterocycles. The standard InChI is InChI=1S/C17H20N2O2S.Li.Nb.H/c1-3-20-15-9-5-13(6-10-15)18-17(22)19-14-7-11-16(12-8-14)21-4-2;;;/h5-12H,3-4H2,1-2H3,(H2,18,19,22);;;/q;+1;;-1. The molecule has 7 heteroatoms. The zero-order chi connectivity index (χ0) is 15.8. The summed E-state index contributed by atoms with van der Waals surface area (Å²) in [6, 6.07) is 15.3. The van der Waals surface area contributed by atoms with Gasteiger partial charge in [-0.2, -0.15) is 0 Å². The molecular weight excluding hydrogens is 396 g/mol. The number of ether oxygens (including phenoxy) is 2. The maximum Gasteiger partial charge on any atom is 1.00 e. The Labute approximate surface area is 177 Å². The SMILES string of the molecule is CCOc1ccc(NC(=S)Nc2ccc(OCC)cc2)cc1.[H-].[Li+].[Nb]. The predicted octanol–water partition coefficient (Wildman–Crippen LogP) is 1.41. The quantitative estimate of drug-likeness (QED) is 0.550. The number of benzene rings is 2. The fraction of sp³-hybridized carbons (Fsp3) is 0.235. The van der Waals surface area contributed by atoms with Crippen molar-refractivity contribution >= 4 is 28.7 Å². The maximum absolute atomic E-state index is 5.40. The van der Waals surface area contributed by atoms with Crippen LogP contribution in [0.3, 0.4) is 0 Å². The zero-order valence-electron chi connectivity index (χ0n) is 15.2. The van der Waals surface area contributed by atoms with E-state index in [2.05, 4.69) is 10.6 Å². The molecule has 0 atom stereocenters. The van der Waals surface area contributed by atoms with Crippen molar-refractivity contribution in [2.24, 2.45) is 0 Å². The Morgan fingerprint density at radius 2 is 1.17 bits per heavy atom. The molecule has 0 saturated heterocycles. The van der Waals surface area contributed by atoms with Gasteiger partial charge in [0.25, 0.3) is 0 Å². The molecule has 0 unspecified atom stereocenters. The van der Waals surface area contributed by atoms with Crippen molar-refractivity contribution in [2.75, 3.05) is 23.8 Å². The number of hydrogen-bond donors (Lipinski definition) is 2. The van der Waals surface area contributed by atoms with Crippen LogP contribution in [-0.4, -0.2) is 18.3 Å². The van der Waals surface area contributed by atoms with Gasteiger partial charge in [0.05, 0.1) is 13.2 Å². The Morgan fingerprint density at radius 1 is 0.833 bits per heavy atom. The Bertz CT molecular complexity index is 562. The molecule has 4 nitrogen and oxygen atoms in total. The summed E-state index contributed by atoms with van der Waals surface area (Å²) in [5.74, 6) is 1.69. The van der Waals surface area contributed by atoms with Crippen molar-refractivity contribution in [1.29, 1.82) is 0 Å². The van der Waals surface area contributed by atoms with E-state index in [1.807, 2.05) is 62.4 Å². The van der Waals surface area contributed by atoms with Gasteiger partial charge in [0.2, 0.25) is 0 Å². The summed E-state index contributed by atoms with van der Waals surface area (Å²) >= 11 is 5.30. The van der Waals surface area contributed by atoms with E-state index < -0.39 is 0 Å². The molecule has 2 N–H and O–H groups in total. The van der Waals surface area contributed by atoms with Gasteiger partial charge in [0.15, 0.2) is 5.11 Å². The fourth-order valence-electron chi connectivity index (χ4n) is 1.90. The molecule has 0 amide bonds. The third-order valence-corrected chi connectivity index (χ3v) is 3.05. The second-order valence-corrected chi connectivity index (χ2v) is 4.90. The van der Waals surface area contributed by atoms with Crippen molar-refractivity contribution < 1.29 is 52.1 Å². The number of hydrogen-bond acceptors (Lipinski definition) is 3. The van der Waals surface area contributed by atoms with Gasteiger partial charge in [0.1, 0.15) is 11.5 Å². The molecule has 0 aliphatic rings. The van der Waals surface area contributed by atoms with Crippen LogP contribution < -0.4 is 39.0 Å². The molecule has 0 heterocycles. The van der Waals surface area contributed by atoms with Crippen LogP contribution in [0.15, 0.2) is 48.5 Å². The third kappa shape index (κ3) is 7.76. The van der Waals surface area contributed by atoms with Crippen LogP contribution in [0.1, 0.15) is 15.3 Å². The monoisotopic (exact) mass is 417 g/mol. The molecule has 2 rings (SSSR count). The number of rotatable bonds is 6. The van der Waals surface area contributed by atoms with Gasteiger partial charge < -0.3 is 21.5 Å². The van der Waals surface area contributed by atoms with Crippen molar-refractivity contribution in [3.05, 3.63) is 48.5 Å². The Kier molecular flexibility index (Phi) is 12.0. The molecule has 0 aliphatic carbocycles. The second-order valence-electron chi connectivity index (χ2n) is 4.49. The minimum Gasteiger partial charge on any atom is -1.00 e. The molecule has 0 spiro atoms. The van der Waals surface area contributed by atoms with Crippen LogP contribution in [-0.2, 0) is 22.4 Å². The molecule has 0 bridgehead atoms. The van der Waals surface area contributed by atoms with Crippen LogP contribution in [0.4, 0.5) is 11.4 Å². The molecule has 123 valence electrons. The normalized spacial score (nSPS) is 9.08. The third-order valence-electron chi connectivity index (χ3n) is 2.85. The zero-order valence-corrected chi connectivity index (χ0v) is 17.2. The van der Waals surface area contributed by atoms with Gasteiger partial charge in [0, 0.05) is 33.8 Å².